The van der Waals surface area contributed by atoms with E-state index < -0.39 is 0 Å². The summed E-state index contributed by atoms with van der Waals surface area (Å²) in [5.74, 6) is 1.53. The number of rotatable bonds is 5. The van der Waals surface area contributed by atoms with Crippen molar-refractivity contribution in [2.75, 3.05) is 52.2 Å². The van der Waals surface area contributed by atoms with Crippen molar-refractivity contribution in [1.82, 2.24) is 20.4 Å². The Hall–Kier alpha value is -1.20. The van der Waals surface area contributed by atoms with E-state index >= 15 is 0 Å². The summed E-state index contributed by atoms with van der Waals surface area (Å²) in [7, 11) is 6.20. The average Bonchev–Trinajstić information content (AvgIpc) is 2.46. The minimum atomic E-state index is 0.584. The zero-order valence-electron chi connectivity index (χ0n) is 12.3. The predicted molar refractivity (Wildman–Crippen MR) is 78.7 cm³/mol. The molecule has 1 aliphatic rings. The lowest BCUT2D eigenvalue weighted by Crippen LogP contribution is -2.30. The molecule has 1 N–H and O–H groups in total. The number of nitrogens with zero attached hydrogens (tertiary/aromatic N) is 4. The molecular weight excluding hydrogens is 238 g/mol. The van der Waals surface area contributed by atoms with Crippen LogP contribution < -0.4 is 10.2 Å². The highest BCUT2D eigenvalue weighted by Crippen LogP contribution is 2.26. The molecule has 1 saturated heterocycles. The first-order valence-corrected chi connectivity index (χ1v) is 7.08. The highest BCUT2D eigenvalue weighted by molar-refractivity contribution is 5.36. The number of likely N-dealkylation sites (N-methyl/N-ethyl adjacent to an activating group) is 2. The smallest absolute Gasteiger partial charge is 0.151 e. The van der Waals surface area contributed by atoms with Gasteiger partial charge < -0.3 is 15.1 Å². The average molecular weight is 263 g/mol. The molecule has 2 heterocycles. The fourth-order valence-electron chi connectivity index (χ4n) is 2.46. The molecule has 0 atom stereocenters. The van der Waals surface area contributed by atoms with Gasteiger partial charge in [-0.3, -0.25) is 0 Å². The summed E-state index contributed by atoms with van der Waals surface area (Å²) in [6, 6.07) is 4.24. The second-order valence-electron chi connectivity index (χ2n) is 5.42. The lowest BCUT2D eigenvalue weighted by atomic mass is 9.94. The molecule has 0 bridgehead atoms. The SMILES string of the molecule is CNCCN(C)c1ccc(C2CCN(C)CC2)nn1. The van der Waals surface area contributed by atoms with E-state index in [0.29, 0.717) is 5.92 Å². The third-order valence-electron chi connectivity index (χ3n) is 3.90. The number of aromatic nitrogens is 2. The number of anilines is 1. The van der Waals surface area contributed by atoms with Gasteiger partial charge in [-0.15, -0.1) is 5.10 Å². The highest BCUT2D eigenvalue weighted by Gasteiger charge is 2.19. The maximum absolute atomic E-state index is 4.43. The summed E-state index contributed by atoms with van der Waals surface area (Å²) in [6.45, 7) is 4.22. The normalized spacial score (nSPS) is 17.6. The molecule has 0 aliphatic carbocycles. The monoisotopic (exact) mass is 263 g/mol. The Labute approximate surface area is 116 Å². The van der Waals surface area contributed by atoms with E-state index in [2.05, 4.69) is 51.5 Å². The van der Waals surface area contributed by atoms with Crippen LogP contribution in [0.3, 0.4) is 0 Å². The second kappa shape index (κ2) is 6.82. The summed E-state index contributed by atoms with van der Waals surface area (Å²) < 4.78 is 0. The number of hydrogen-bond donors (Lipinski definition) is 1. The third-order valence-corrected chi connectivity index (χ3v) is 3.90. The first-order chi connectivity index (χ1) is 9.20. The fourth-order valence-corrected chi connectivity index (χ4v) is 2.46. The maximum Gasteiger partial charge on any atom is 0.151 e. The Balaban J connectivity index is 1.94. The van der Waals surface area contributed by atoms with E-state index in [-0.39, 0.29) is 0 Å². The van der Waals surface area contributed by atoms with Crippen molar-refractivity contribution in [1.29, 1.82) is 0 Å². The molecule has 5 nitrogen and oxygen atoms in total. The molecule has 1 aromatic heterocycles. The van der Waals surface area contributed by atoms with Crippen molar-refractivity contribution in [3.05, 3.63) is 17.8 Å². The van der Waals surface area contributed by atoms with Gasteiger partial charge in [0.15, 0.2) is 5.82 Å². The van der Waals surface area contributed by atoms with E-state index in [4.69, 9.17) is 0 Å². The molecular formula is C14H25N5. The summed E-state index contributed by atoms with van der Waals surface area (Å²) in [5.41, 5.74) is 1.15. The second-order valence-corrected chi connectivity index (χ2v) is 5.42. The van der Waals surface area contributed by atoms with Gasteiger partial charge in [0.25, 0.3) is 0 Å². The van der Waals surface area contributed by atoms with E-state index in [1.807, 2.05) is 7.05 Å². The Morgan fingerprint density at radius 2 is 2.05 bits per heavy atom. The summed E-state index contributed by atoms with van der Waals surface area (Å²) >= 11 is 0. The lowest BCUT2D eigenvalue weighted by Gasteiger charge is -2.28. The van der Waals surface area contributed by atoms with Crippen molar-refractivity contribution < 1.29 is 0 Å². The van der Waals surface area contributed by atoms with Crippen LogP contribution in [0.15, 0.2) is 12.1 Å². The van der Waals surface area contributed by atoms with Crippen LogP contribution in [0.4, 0.5) is 5.82 Å². The van der Waals surface area contributed by atoms with Crippen molar-refractivity contribution in [2.24, 2.45) is 0 Å². The van der Waals surface area contributed by atoms with Gasteiger partial charge in [-0.25, -0.2) is 0 Å². The van der Waals surface area contributed by atoms with Gasteiger partial charge in [-0.05, 0) is 52.2 Å². The summed E-state index contributed by atoms with van der Waals surface area (Å²) in [6.07, 6.45) is 2.39. The van der Waals surface area contributed by atoms with Gasteiger partial charge in [-0.2, -0.15) is 5.10 Å². The molecule has 0 amide bonds. The predicted octanol–water partition coefficient (Wildman–Crippen LogP) is 0.941. The van der Waals surface area contributed by atoms with E-state index in [1.165, 1.54) is 12.8 Å². The van der Waals surface area contributed by atoms with Gasteiger partial charge in [0, 0.05) is 26.1 Å². The first-order valence-electron chi connectivity index (χ1n) is 7.08. The van der Waals surface area contributed by atoms with E-state index in [0.717, 1.165) is 37.7 Å². The molecule has 1 fully saturated rings. The van der Waals surface area contributed by atoms with Crippen molar-refractivity contribution >= 4 is 5.82 Å². The third kappa shape index (κ3) is 3.88. The standard InChI is InChI=1S/C14H25N5/c1-15-8-11-19(3)14-5-4-13(16-17-14)12-6-9-18(2)10-7-12/h4-5,12,15H,6-11H2,1-3H3. The highest BCUT2D eigenvalue weighted by atomic mass is 15.2. The minimum absolute atomic E-state index is 0.584. The van der Waals surface area contributed by atoms with Gasteiger partial charge in [-0.1, -0.05) is 0 Å². The molecule has 2 rings (SSSR count). The molecule has 0 radical (unpaired) electrons. The molecule has 1 aromatic rings. The number of hydrogen-bond acceptors (Lipinski definition) is 5. The van der Waals surface area contributed by atoms with Gasteiger partial charge in [0.05, 0.1) is 5.69 Å². The van der Waals surface area contributed by atoms with Gasteiger partial charge in [0.2, 0.25) is 0 Å². The van der Waals surface area contributed by atoms with Crippen LogP contribution in [0.25, 0.3) is 0 Å². The molecule has 106 valence electrons. The Morgan fingerprint density at radius 3 is 2.63 bits per heavy atom. The van der Waals surface area contributed by atoms with Gasteiger partial charge >= 0.3 is 0 Å². The van der Waals surface area contributed by atoms with Crippen LogP contribution in [-0.4, -0.2) is 62.4 Å². The van der Waals surface area contributed by atoms with Crippen LogP contribution in [0, 0.1) is 0 Å². The topological polar surface area (TPSA) is 44.3 Å². The maximum atomic E-state index is 4.43. The molecule has 5 heteroatoms. The minimum Gasteiger partial charge on any atom is -0.357 e. The molecule has 19 heavy (non-hydrogen) atoms. The Morgan fingerprint density at radius 1 is 1.32 bits per heavy atom. The number of likely N-dealkylation sites (tertiary alicyclic amines) is 1. The molecule has 0 saturated carbocycles. The molecule has 1 aliphatic heterocycles. The number of nitrogens with one attached hydrogen (secondary N) is 1. The quantitative estimate of drug-likeness (QED) is 0.856. The van der Waals surface area contributed by atoms with Gasteiger partial charge in [0.1, 0.15) is 0 Å². The van der Waals surface area contributed by atoms with Crippen molar-refractivity contribution in [3.8, 4) is 0 Å². The fraction of sp³-hybridized carbons (Fsp3) is 0.714. The lowest BCUT2D eigenvalue weighted by molar-refractivity contribution is 0.253. The molecule has 0 aromatic carbocycles. The van der Waals surface area contributed by atoms with Crippen molar-refractivity contribution in [3.63, 3.8) is 0 Å². The van der Waals surface area contributed by atoms with Crippen LogP contribution >= 0.6 is 0 Å². The Kier molecular flexibility index (Phi) is 5.10. The zero-order valence-corrected chi connectivity index (χ0v) is 12.3. The first kappa shape index (κ1) is 14.2. The van der Waals surface area contributed by atoms with Crippen LogP contribution in [0.2, 0.25) is 0 Å². The van der Waals surface area contributed by atoms with Crippen LogP contribution in [0.1, 0.15) is 24.5 Å². The number of piperidine rings is 1. The summed E-state index contributed by atoms with van der Waals surface area (Å²) in [5, 5.41) is 11.9. The largest absolute Gasteiger partial charge is 0.357 e. The van der Waals surface area contributed by atoms with Crippen LogP contribution in [0.5, 0.6) is 0 Å². The van der Waals surface area contributed by atoms with Crippen LogP contribution in [-0.2, 0) is 0 Å². The summed E-state index contributed by atoms with van der Waals surface area (Å²) in [4.78, 5) is 4.51. The van der Waals surface area contributed by atoms with E-state index in [9.17, 15) is 0 Å². The van der Waals surface area contributed by atoms with E-state index in [1.54, 1.807) is 0 Å². The Bertz CT molecular complexity index is 370. The zero-order chi connectivity index (χ0) is 13.7. The van der Waals surface area contributed by atoms with Crippen molar-refractivity contribution in [2.45, 2.75) is 18.8 Å². The molecule has 0 unspecified atom stereocenters. The molecule has 0 spiro atoms.